The maximum Gasteiger partial charge on any atom is 0.249 e. The predicted octanol–water partition coefficient (Wildman–Crippen LogP) is 0.574. The lowest BCUT2D eigenvalue weighted by molar-refractivity contribution is -0.136. The van der Waals surface area contributed by atoms with E-state index in [0.717, 1.165) is 37.4 Å². The highest BCUT2D eigenvalue weighted by molar-refractivity contribution is 7.10. The van der Waals surface area contributed by atoms with Crippen molar-refractivity contribution in [2.24, 2.45) is 5.73 Å². The first-order valence-electron chi connectivity index (χ1n) is 6.97. The van der Waals surface area contributed by atoms with Gasteiger partial charge in [0.2, 0.25) is 11.8 Å². The Kier molecular flexibility index (Phi) is 5.72. The normalized spacial score (nSPS) is 16.1. The summed E-state index contributed by atoms with van der Waals surface area (Å²) in [6.45, 7) is 2.41. The zero-order valence-electron chi connectivity index (χ0n) is 12.1. The number of thiophene rings is 1. The number of hydrogen-bond acceptors (Lipinski definition) is 5. The Hall–Kier alpha value is -1.44. The molecule has 0 aromatic carbocycles. The highest BCUT2D eigenvalue weighted by Crippen LogP contribution is 2.16. The smallest absolute Gasteiger partial charge is 0.249 e. The molecule has 1 aliphatic heterocycles. The molecule has 21 heavy (non-hydrogen) atoms. The van der Waals surface area contributed by atoms with Crippen LogP contribution >= 0.6 is 11.3 Å². The molecule has 1 aromatic rings. The van der Waals surface area contributed by atoms with Gasteiger partial charge in [-0.05, 0) is 18.9 Å². The highest BCUT2D eigenvalue weighted by Gasteiger charge is 2.22. The molecule has 0 atom stereocenters. The van der Waals surface area contributed by atoms with Gasteiger partial charge in [0, 0.05) is 43.0 Å². The van der Waals surface area contributed by atoms with Crippen LogP contribution in [0.2, 0.25) is 0 Å². The van der Waals surface area contributed by atoms with Gasteiger partial charge in [0.15, 0.2) is 0 Å². The second-order valence-electron chi connectivity index (χ2n) is 5.13. The molecular formula is C14H21N3O3S. The van der Waals surface area contributed by atoms with Gasteiger partial charge in [-0.3, -0.25) is 9.59 Å². The van der Waals surface area contributed by atoms with Gasteiger partial charge in [-0.1, -0.05) is 0 Å². The predicted molar refractivity (Wildman–Crippen MR) is 81.2 cm³/mol. The van der Waals surface area contributed by atoms with Crippen molar-refractivity contribution >= 4 is 23.2 Å². The van der Waals surface area contributed by atoms with E-state index >= 15 is 0 Å². The Morgan fingerprint density at radius 3 is 2.76 bits per heavy atom. The van der Waals surface area contributed by atoms with Gasteiger partial charge in [0.05, 0.1) is 5.56 Å². The first-order valence-corrected chi connectivity index (χ1v) is 7.85. The zero-order valence-corrected chi connectivity index (χ0v) is 12.9. The van der Waals surface area contributed by atoms with Crippen molar-refractivity contribution in [3.63, 3.8) is 0 Å². The lowest BCUT2D eigenvalue weighted by Gasteiger charge is -2.32. The number of primary amides is 1. The van der Waals surface area contributed by atoms with Crippen molar-refractivity contribution in [1.29, 1.82) is 0 Å². The number of methoxy groups -OCH3 is 1. The highest BCUT2D eigenvalue weighted by atomic mass is 32.1. The van der Waals surface area contributed by atoms with E-state index in [0.29, 0.717) is 11.6 Å². The van der Waals surface area contributed by atoms with Crippen LogP contribution in [0.25, 0.3) is 0 Å². The molecule has 2 amide bonds. The van der Waals surface area contributed by atoms with Crippen LogP contribution in [0, 0.1) is 0 Å². The number of ether oxygens (including phenoxy) is 1. The number of rotatable bonds is 6. The van der Waals surface area contributed by atoms with E-state index in [1.807, 2.05) is 11.0 Å². The van der Waals surface area contributed by atoms with Crippen molar-refractivity contribution in [3.8, 4) is 0 Å². The van der Waals surface area contributed by atoms with Gasteiger partial charge < -0.3 is 20.7 Å². The first kappa shape index (κ1) is 15.9. The molecular weight excluding hydrogens is 290 g/mol. The first-order chi connectivity index (χ1) is 10.1. The van der Waals surface area contributed by atoms with Crippen LogP contribution in [-0.2, 0) is 16.1 Å². The van der Waals surface area contributed by atoms with E-state index in [9.17, 15) is 9.59 Å². The number of hydrogen-bond donors (Lipinski definition) is 2. The molecule has 2 rings (SSSR count). The number of nitrogens with one attached hydrogen (secondary N) is 1. The summed E-state index contributed by atoms with van der Waals surface area (Å²) >= 11 is 1.53. The standard InChI is InChI=1S/C14H21N3O3S/c1-20-8-13(18)17-4-2-11(3-5-17)16-7-12-6-10(9-21-12)14(15)19/h6,9,11,16H,2-5,7-8H2,1H3,(H2,15,19). The molecule has 1 aliphatic rings. The molecule has 0 unspecified atom stereocenters. The molecule has 0 bridgehead atoms. The number of carbonyl (C=O) groups excluding carboxylic acids is 2. The topological polar surface area (TPSA) is 84.7 Å². The second kappa shape index (κ2) is 7.53. The molecule has 0 spiro atoms. The van der Waals surface area contributed by atoms with E-state index < -0.39 is 0 Å². The van der Waals surface area contributed by atoms with Gasteiger partial charge >= 0.3 is 0 Å². The van der Waals surface area contributed by atoms with Crippen LogP contribution in [0.1, 0.15) is 28.1 Å². The van der Waals surface area contributed by atoms with Crippen molar-refractivity contribution in [2.45, 2.75) is 25.4 Å². The van der Waals surface area contributed by atoms with E-state index in [-0.39, 0.29) is 18.4 Å². The number of carbonyl (C=O) groups is 2. The fourth-order valence-corrected chi connectivity index (χ4v) is 3.22. The molecule has 1 fully saturated rings. The van der Waals surface area contributed by atoms with Gasteiger partial charge in [-0.15, -0.1) is 11.3 Å². The molecule has 3 N–H and O–H groups in total. The summed E-state index contributed by atoms with van der Waals surface area (Å²) in [5.74, 6) is -0.331. The van der Waals surface area contributed by atoms with Crippen LogP contribution in [0.5, 0.6) is 0 Å². The summed E-state index contributed by atoms with van der Waals surface area (Å²) in [7, 11) is 1.54. The van der Waals surface area contributed by atoms with Gasteiger partial charge in [-0.2, -0.15) is 0 Å². The second-order valence-corrected chi connectivity index (χ2v) is 6.13. The Balaban J connectivity index is 1.73. The molecule has 6 nitrogen and oxygen atoms in total. The van der Waals surface area contributed by atoms with Gasteiger partial charge in [-0.25, -0.2) is 0 Å². The number of amides is 2. The molecule has 0 aliphatic carbocycles. The fourth-order valence-electron chi connectivity index (χ4n) is 2.40. The minimum absolute atomic E-state index is 0.0558. The minimum Gasteiger partial charge on any atom is -0.375 e. The molecule has 1 saturated heterocycles. The van der Waals surface area contributed by atoms with Crippen LogP contribution in [-0.4, -0.2) is 49.6 Å². The minimum atomic E-state index is -0.387. The van der Waals surface area contributed by atoms with Crippen LogP contribution in [0.4, 0.5) is 0 Å². The average molecular weight is 311 g/mol. The van der Waals surface area contributed by atoms with Crippen LogP contribution in [0.3, 0.4) is 0 Å². The van der Waals surface area contributed by atoms with Crippen molar-refractivity contribution in [3.05, 3.63) is 21.9 Å². The van der Waals surface area contributed by atoms with Gasteiger partial charge in [0.25, 0.3) is 0 Å². The molecule has 116 valence electrons. The molecule has 2 heterocycles. The maximum absolute atomic E-state index is 11.7. The van der Waals surface area contributed by atoms with Gasteiger partial charge in [0.1, 0.15) is 6.61 Å². The third-order valence-electron chi connectivity index (χ3n) is 3.62. The van der Waals surface area contributed by atoms with Crippen LogP contribution < -0.4 is 11.1 Å². The Morgan fingerprint density at radius 2 is 2.19 bits per heavy atom. The Labute approximate surface area is 128 Å². The number of likely N-dealkylation sites (tertiary alicyclic amines) is 1. The van der Waals surface area contributed by atoms with E-state index in [1.54, 1.807) is 5.38 Å². The monoisotopic (exact) mass is 311 g/mol. The molecule has 0 saturated carbocycles. The maximum atomic E-state index is 11.7. The SMILES string of the molecule is COCC(=O)N1CCC(NCc2cc(C(N)=O)cs2)CC1. The average Bonchev–Trinajstić information content (AvgIpc) is 2.95. The lowest BCUT2D eigenvalue weighted by Crippen LogP contribution is -2.45. The Morgan fingerprint density at radius 1 is 1.48 bits per heavy atom. The Bertz CT molecular complexity index is 495. The summed E-state index contributed by atoms with van der Waals surface area (Å²) in [6.07, 6.45) is 1.87. The van der Waals surface area contributed by atoms with Crippen molar-refractivity contribution in [2.75, 3.05) is 26.8 Å². The summed E-state index contributed by atoms with van der Waals surface area (Å²) in [6, 6.07) is 2.23. The van der Waals surface area contributed by atoms with E-state index in [2.05, 4.69) is 5.32 Å². The van der Waals surface area contributed by atoms with E-state index in [4.69, 9.17) is 10.5 Å². The number of piperidine rings is 1. The zero-order chi connectivity index (χ0) is 15.2. The molecule has 1 aromatic heterocycles. The van der Waals surface area contributed by atoms with Crippen molar-refractivity contribution in [1.82, 2.24) is 10.2 Å². The summed E-state index contributed by atoms with van der Waals surface area (Å²) in [5, 5.41) is 5.25. The summed E-state index contributed by atoms with van der Waals surface area (Å²) in [5.41, 5.74) is 5.80. The largest absolute Gasteiger partial charge is 0.375 e. The summed E-state index contributed by atoms with van der Waals surface area (Å²) in [4.78, 5) is 25.7. The number of nitrogens with two attached hydrogens (primary N) is 1. The van der Waals surface area contributed by atoms with Crippen LogP contribution in [0.15, 0.2) is 11.4 Å². The third kappa shape index (κ3) is 4.52. The van der Waals surface area contributed by atoms with E-state index in [1.165, 1.54) is 18.4 Å². The summed E-state index contributed by atoms with van der Waals surface area (Å²) < 4.78 is 4.87. The fraction of sp³-hybridized carbons (Fsp3) is 0.571. The molecule has 0 radical (unpaired) electrons. The third-order valence-corrected chi connectivity index (χ3v) is 4.56. The lowest BCUT2D eigenvalue weighted by atomic mass is 10.0. The molecule has 7 heteroatoms. The van der Waals surface area contributed by atoms with Crippen molar-refractivity contribution < 1.29 is 14.3 Å². The quantitative estimate of drug-likeness (QED) is 0.804. The number of nitrogens with zero attached hydrogens (tertiary/aromatic N) is 1.